The van der Waals surface area contributed by atoms with E-state index in [1.807, 2.05) is 6.92 Å². The molecule has 4 heteroatoms. The van der Waals surface area contributed by atoms with E-state index < -0.39 is 10.8 Å². The van der Waals surface area contributed by atoms with E-state index in [-0.39, 0.29) is 17.1 Å². The molecule has 3 atom stereocenters. The minimum atomic E-state index is -1.06. The highest BCUT2D eigenvalue weighted by atomic mass is 32.2. The van der Waals surface area contributed by atoms with Gasteiger partial charge in [-0.1, -0.05) is 6.92 Å². The first-order valence-electron chi connectivity index (χ1n) is 5.16. The molecule has 0 saturated carbocycles. The van der Waals surface area contributed by atoms with Crippen molar-refractivity contribution in [1.82, 2.24) is 0 Å². The van der Waals surface area contributed by atoms with Crippen LogP contribution in [0.4, 0.5) is 0 Å². The lowest BCUT2D eigenvalue weighted by molar-refractivity contribution is -0.118. The second-order valence-corrected chi connectivity index (χ2v) is 5.45. The van der Waals surface area contributed by atoms with E-state index in [9.17, 15) is 9.00 Å². The van der Waals surface area contributed by atoms with Crippen molar-refractivity contribution < 1.29 is 13.7 Å². The molecule has 82 valence electrons. The lowest BCUT2D eigenvalue weighted by atomic mass is 10.2. The third-order valence-corrected chi connectivity index (χ3v) is 4.32. The molecule has 14 heavy (non-hydrogen) atoms. The van der Waals surface area contributed by atoms with Crippen molar-refractivity contribution >= 4 is 16.6 Å². The van der Waals surface area contributed by atoms with Crippen LogP contribution in [0.25, 0.3) is 0 Å². The number of carbonyl (C=O) groups is 1. The summed E-state index contributed by atoms with van der Waals surface area (Å²) in [6, 6.07) is 0. The summed E-state index contributed by atoms with van der Waals surface area (Å²) in [7, 11) is -1.06. The van der Waals surface area contributed by atoms with Gasteiger partial charge in [-0.15, -0.1) is 0 Å². The maximum Gasteiger partial charge on any atom is 0.147 e. The minimum absolute atomic E-state index is 0.0846. The summed E-state index contributed by atoms with van der Waals surface area (Å²) in [5, 5.41) is -0.329. The summed E-state index contributed by atoms with van der Waals surface area (Å²) >= 11 is 0. The Morgan fingerprint density at radius 3 is 2.86 bits per heavy atom. The molecule has 1 heterocycles. The van der Waals surface area contributed by atoms with Gasteiger partial charge in [-0.2, -0.15) is 0 Å². The highest BCUT2D eigenvalue weighted by Gasteiger charge is 2.24. The van der Waals surface area contributed by atoms with Crippen LogP contribution in [-0.4, -0.2) is 33.7 Å². The molecule has 0 aliphatic carbocycles. The van der Waals surface area contributed by atoms with Crippen molar-refractivity contribution in [3.8, 4) is 0 Å². The molecular weight excluding hydrogens is 200 g/mol. The fourth-order valence-electron chi connectivity index (χ4n) is 1.54. The van der Waals surface area contributed by atoms with Crippen LogP contribution in [0.15, 0.2) is 0 Å². The predicted molar refractivity (Wildman–Crippen MR) is 56.7 cm³/mol. The maximum atomic E-state index is 11.7. The summed E-state index contributed by atoms with van der Waals surface area (Å²) < 4.78 is 17.1. The second kappa shape index (κ2) is 5.61. The lowest BCUT2D eigenvalue weighted by Gasteiger charge is -2.12. The van der Waals surface area contributed by atoms with Crippen molar-refractivity contribution in [1.29, 1.82) is 0 Å². The van der Waals surface area contributed by atoms with Crippen LogP contribution in [0, 0.1) is 0 Å². The van der Waals surface area contributed by atoms with E-state index in [0.717, 1.165) is 19.4 Å². The number of hydrogen-bond donors (Lipinski definition) is 0. The highest BCUT2D eigenvalue weighted by Crippen LogP contribution is 2.14. The molecular formula is C10H18O3S. The molecule has 1 rings (SSSR count). The normalized spacial score (nSPS) is 26.0. The zero-order chi connectivity index (χ0) is 10.6. The molecule has 0 aromatic rings. The Morgan fingerprint density at radius 2 is 2.36 bits per heavy atom. The summed E-state index contributed by atoms with van der Waals surface area (Å²) in [5.74, 6) is 0.605. The number of ketones is 1. The van der Waals surface area contributed by atoms with E-state index >= 15 is 0 Å². The van der Waals surface area contributed by atoms with Gasteiger partial charge in [0, 0.05) is 23.8 Å². The van der Waals surface area contributed by atoms with Crippen molar-refractivity contribution in [2.45, 2.75) is 44.5 Å². The molecule has 0 radical (unpaired) electrons. The molecule has 1 aliphatic heterocycles. The van der Waals surface area contributed by atoms with Crippen LogP contribution >= 0.6 is 0 Å². The van der Waals surface area contributed by atoms with E-state index in [0.29, 0.717) is 12.2 Å². The topological polar surface area (TPSA) is 43.4 Å². The Hall–Kier alpha value is -0.220. The van der Waals surface area contributed by atoms with Gasteiger partial charge in [0.2, 0.25) is 0 Å². The minimum Gasteiger partial charge on any atom is -0.377 e. The molecule has 1 aliphatic rings. The third-order valence-electron chi connectivity index (χ3n) is 2.57. The lowest BCUT2D eigenvalue weighted by Crippen LogP contribution is -2.28. The van der Waals surface area contributed by atoms with E-state index in [4.69, 9.17) is 4.74 Å². The van der Waals surface area contributed by atoms with Gasteiger partial charge in [-0.25, -0.2) is 0 Å². The van der Waals surface area contributed by atoms with Crippen LogP contribution in [-0.2, 0) is 20.3 Å². The van der Waals surface area contributed by atoms with E-state index in [1.54, 1.807) is 6.92 Å². The fourth-order valence-corrected chi connectivity index (χ4v) is 2.92. The van der Waals surface area contributed by atoms with Crippen molar-refractivity contribution in [3.63, 3.8) is 0 Å². The molecule has 3 nitrogen and oxygen atoms in total. The first kappa shape index (κ1) is 11.9. The van der Waals surface area contributed by atoms with Gasteiger partial charge in [0.05, 0.1) is 17.1 Å². The Kier molecular flexibility index (Phi) is 4.75. The Bertz CT molecular complexity index is 221. The molecule has 0 aromatic carbocycles. The van der Waals surface area contributed by atoms with E-state index in [1.165, 1.54) is 0 Å². The van der Waals surface area contributed by atoms with Crippen LogP contribution in [0.2, 0.25) is 0 Å². The summed E-state index contributed by atoms with van der Waals surface area (Å²) in [4.78, 5) is 11.3. The molecule has 0 spiro atoms. The number of hydrogen-bond acceptors (Lipinski definition) is 3. The largest absolute Gasteiger partial charge is 0.377 e. The third kappa shape index (κ3) is 3.17. The summed E-state index contributed by atoms with van der Waals surface area (Å²) in [6.07, 6.45) is 2.62. The van der Waals surface area contributed by atoms with Gasteiger partial charge < -0.3 is 4.74 Å². The maximum absolute atomic E-state index is 11.7. The SMILES string of the molecule is CCC(=O)C(C)S(=O)CC1CCCO1. The van der Waals surface area contributed by atoms with Gasteiger partial charge in [-0.3, -0.25) is 9.00 Å². The molecule has 3 unspecified atom stereocenters. The molecule has 1 fully saturated rings. The predicted octanol–water partition coefficient (Wildman–Crippen LogP) is 1.28. The van der Waals surface area contributed by atoms with Crippen molar-refractivity contribution in [2.75, 3.05) is 12.4 Å². The number of carbonyl (C=O) groups excluding carboxylic acids is 1. The number of ether oxygens (including phenoxy) is 1. The van der Waals surface area contributed by atoms with Crippen molar-refractivity contribution in [2.24, 2.45) is 0 Å². The quantitative estimate of drug-likeness (QED) is 0.698. The second-order valence-electron chi connectivity index (χ2n) is 3.64. The molecule has 0 N–H and O–H groups in total. The fraction of sp³-hybridized carbons (Fsp3) is 0.900. The van der Waals surface area contributed by atoms with Crippen LogP contribution in [0.1, 0.15) is 33.1 Å². The number of Topliss-reactive ketones (excluding diaryl/α,β-unsaturated/α-hetero) is 1. The molecule has 1 saturated heterocycles. The van der Waals surface area contributed by atoms with Crippen LogP contribution < -0.4 is 0 Å². The zero-order valence-corrected chi connectivity index (χ0v) is 9.64. The monoisotopic (exact) mass is 218 g/mol. The average molecular weight is 218 g/mol. The number of rotatable bonds is 5. The van der Waals surface area contributed by atoms with Gasteiger partial charge in [-0.05, 0) is 19.8 Å². The standard InChI is InChI=1S/C10H18O3S/c1-3-10(11)8(2)14(12)7-9-5-4-6-13-9/h8-9H,3-7H2,1-2H3. The Morgan fingerprint density at radius 1 is 1.64 bits per heavy atom. The van der Waals surface area contributed by atoms with Gasteiger partial charge >= 0.3 is 0 Å². The average Bonchev–Trinajstić information content (AvgIpc) is 2.68. The Balaban J connectivity index is 2.36. The zero-order valence-electron chi connectivity index (χ0n) is 8.82. The Labute approximate surface area is 87.7 Å². The van der Waals surface area contributed by atoms with Gasteiger partial charge in [0.25, 0.3) is 0 Å². The van der Waals surface area contributed by atoms with Gasteiger partial charge in [0.1, 0.15) is 5.78 Å². The highest BCUT2D eigenvalue weighted by molar-refractivity contribution is 7.86. The molecule has 0 aromatic heterocycles. The van der Waals surface area contributed by atoms with Crippen LogP contribution in [0.5, 0.6) is 0 Å². The molecule has 0 amide bonds. The van der Waals surface area contributed by atoms with Gasteiger partial charge in [0.15, 0.2) is 0 Å². The van der Waals surface area contributed by atoms with Crippen LogP contribution in [0.3, 0.4) is 0 Å². The summed E-state index contributed by atoms with van der Waals surface area (Å²) in [5.41, 5.74) is 0. The van der Waals surface area contributed by atoms with E-state index in [2.05, 4.69) is 0 Å². The van der Waals surface area contributed by atoms with Crippen molar-refractivity contribution in [3.05, 3.63) is 0 Å². The first-order valence-corrected chi connectivity index (χ1v) is 6.54. The summed E-state index contributed by atoms with van der Waals surface area (Å²) in [6.45, 7) is 4.33. The first-order chi connectivity index (χ1) is 6.65. The molecule has 0 bridgehead atoms. The smallest absolute Gasteiger partial charge is 0.147 e.